The molecule has 6 aliphatic heterocycles. The predicted octanol–water partition coefficient (Wildman–Crippen LogP) is 11.5. The number of carbonyl (C=O) groups excluding carboxylic acids is 1. The first-order valence-electron chi connectivity index (χ1n) is 27.6. The monoisotopic (exact) mass is 1060 g/mol. The van der Waals surface area contributed by atoms with Crippen LogP contribution in [0.5, 0.6) is 11.5 Å². The van der Waals surface area contributed by atoms with Crippen LogP contribution < -0.4 is 20.3 Å². The number of halogens is 1. The molecule has 14 heteroatoms. The minimum Gasteiger partial charge on any atom is -0.454 e. The first-order chi connectivity index (χ1) is 37.1. The molecule has 0 spiro atoms. The van der Waals surface area contributed by atoms with E-state index in [9.17, 15) is 4.79 Å². The van der Waals surface area contributed by atoms with Gasteiger partial charge in [-0.05, 0) is 177 Å². The number of aliphatic imine (C=N–C) groups is 1. The summed E-state index contributed by atoms with van der Waals surface area (Å²) >= 11 is 8.04. The fraction of sp³-hybridized carbons (Fsp3) is 0.403. The second-order valence-electron chi connectivity index (χ2n) is 21.2. The number of primary amides is 1. The zero-order valence-electron chi connectivity index (χ0n) is 44.8. The lowest BCUT2D eigenvalue weighted by Crippen LogP contribution is -2.63. The number of aromatic nitrogens is 1. The van der Waals surface area contributed by atoms with Crippen molar-refractivity contribution < 1.29 is 9.53 Å². The van der Waals surface area contributed by atoms with Gasteiger partial charge in [0.15, 0.2) is 5.75 Å². The van der Waals surface area contributed by atoms with Gasteiger partial charge in [-0.2, -0.15) is 0 Å². The lowest BCUT2D eigenvalue weighted by atomic mass is 9.83. The van der Waals surface area contributed by atoms with Gasteiger partial charge in [-0.25, -0.2) is 9.98 Å². The highest BCUT2D eigenvalue weighted by Crippen LogP contribution is 2.47. The topological polar surface area (TPSA) is 100 Å². The van der Waals surface area contributed by atoms with Crippen LogP contribution in [0.15, 0.2) is 148 Å². The standard InChI is InChI=1S/C28H38N4O.C18H18ClN3O.C16H19N3S/c29-27(33)28(31-18-6-1-7-19-31)15-21-30(22-16-28)17-8-20-32-25-11-4-2-9-23(25)13-14-24-10-3-5-12-26(24)32;1-21-8-10-22(11-9-21)18-14-12-13(19)6-7-16(14)23-17-5-3-2-4-15(17)20-18;1-18(2)11-6-12-19-13-7-3-4-8-14(13)20-15-9-5-10-17-16(15)19/h2-5,9-12H,1,6-8,13-22H2,(H2,29,33);2-7,12H,8-11H2,1H3;3-5,7-10H,6,11-12H2,1-2H3. The quantitative estimate of drug-likeness (QED) is 0.142. The highest BCUT2D eigenvalue weighted by atomic mass is 35.5. The number of nitrogens with zero attached hydrogens (tertiary/aromatic N) is 9. The number of likely N-dealkylation sites (N-methyl/N-ethyl adjacent to an activating group) is 1. The average Bonchev–Trinajstić information content (AvgIpc) is 3.72. The van der Waals surface area contributed by atoms with Gasteiger partial charge in [0, 0.05) is 79.8 Å². The first-order valence-corrected chi connectivity index (χ1v) is 28.8. The van der Waals surface area contributed by atoms with Crippen molar-refractivity contribution in [3.8, 4) is 11.5 Å². The maximum Gasteiger partial charge on any atom is 0.238 e. The molecule has 398 valence electrons. The number of likely N-dealkylation sites (tertiary alicyclic amines) is 2. The van der Waals surface area contributed by atoms with Crippen LogP contribution in [0.1, 0.15) is 61.6 Å². The number of piperidine rings is 2. The summed E-state index contributed by atoms with van der Waals surface area (Å²) < 4.78 is 6.09. The van der Waals surface area contributed by atoms with E-state index in [0.29, 0.717) is 5.02 Å². The Bertz CT molecular complexity index is 2860. The van der Waals surface area contributed by atoms with Crippen LogP contribution in [-0.2, 0) is 17.6 Å². The second kappa shape index (κ2) is 25.0. The molecular formula is C62H75ClN10O2S. The molecule has 76 heavy (non-hydrogen) atoms. The van der Waals surface area contributed by atoms with E-state index in [-0.39, 0.29) is 5.91 Å². The summed E-state index contributed by atoms with van der Waals surface area (Å²) in [5, 5.41) is 0.695. The number of para-hydroxylation sites is 5. The molecule has 0 atom stereocenters. The molecule has 1 amide bonds. The average molecular weight is 1060 g/mol. The van der Waals surface area contributed by atoms with Crippen LogP contribution >= 0.6 is 23.4 Å². The van der Waals surface area contributed by atoms with Gasteiger partial charge in [0.05, 0.1) is 16.1 Å². The molecule has 0 radical (unpaired) electrons. The van der Waals surface area contributed by atoms with Crippen molar-refractivity contribution >= 4 is 63.7 Å². The number of piperazine rings is 1. The fourth-order valence-electron chi connectivity index (χ4n) is 11.6. The van der Waals surface area contributed by atoms with Crippen LogP contribution in [0.2, 0.25) is 5.02 Å². The van der Waals surface area contributed by atoms with Gasteiger partial charge in [0.2, 0.25) is 5.91 Å². The lowest BCUT2D eigenvalue weighted by Gasteiger charge is -2.48. The first kappa shape index (κ1) is 53.5. The highest BCUT2D eigenvalue weighted by molar-refractivity contribution is 7.99. The predicted molar refractivity (Wildman–Crippen MR) is 313 cm³/mol. The van der Waals surface area contributed by atoms with Crippen molar-refractivity contribution in [2.24, 2.45) is 10.7 Å². The Kier molecular flexibility index (Phi) is 17.6. The molecule has 5 aromatic carbocycles. The zero-order valence-corrected chi connectivity index (χ0v) is 46.3. The van der Waals surface area contributed by atoms with E-state index in [1.165, 1.54) is 57.2 Å². The number of ether oxygens (including phenoxy) is 1. The number of hydrogen-bond donors (Lipinski definition) is 1. The number of carbonyl (C=O) groups is 1. The van der Waals surface area contributed by atoms with Gasteiger partial charge in [-0.3, -0.25) is 9.69 Å². The van der Waals surface area contributed by atoms with Gasteiger partial charge < -0.3 is 39.9 Å². The van der Waals surface area contributed by atoms with Crippen molar-refractivity contribution in [2.45, 2.75) is 73.1 Å². The number of nitrogens with two attached hydrogens (primary N) is 1. The molecule has 1 aromatic heterocycles. The summed E-state index contributed by atoms with van der Waals surface area (Å²) in [7, 11) is 6.38. The highest BCUT2D eigenvalue weighted by Gasteiger charge is 2.45. The Balaban J connectivity index is 0.000000135. The van der Waals surface area contributed by atoms with E-state index in [4.69, 9.17) is 27.1 Å². The molecule has 6 aliphatic rings. The van der Waals surface area contributed by atoms with Crippen LogP contribution in [0.4, 0.5) is 28.6 Å². The van der Waals surface area contributed by atoms with Gasteiger partial charge in [0.25, 0.3) is 0 Å². The van der Waals surface area contributed by atoms with E-state index >= 15 is 0 Å². The number of anilines is 4. The summed E-state index contributed by atoms with van der Waals surface area (Å²) in [5.41, 5.74) is 14.3. The number of hydrogen-bond acceptors (Lipinski definition) is 12. The summed E-state index contributed by atoms with van der Waals surface area (Å²) in [6.45, 7) is 12.1. The van der Waals surface area contributed by atoms with E-state index in [1.54, 1.807) is 0 Å². The van der Waals surface area contributed by atoms with Gasteiger partial charge in [-0.15, -0.1) is 0 Å². The van der Waals surface area contributed by atoms with Crippen LogP contribution in [-0.4, -0.2) is 146 Å². The molecule has 7 heterocycles. The zero-order chi connectivity index (χ0) is 52.4. The van der Waals surface area contributed by atoms with Crippen LogP contribution in [0.3, 0.4) is 0 Å². The van der Waals surface area contributed by atoms with Gasteiger partial charge >= 0.3 is 0 Å². The number of fused-ring (bicyclic) bond motifs is 6. The number of amides is 1. The Labute approximate surface area is 460 Å². The molecule has 0 aliphatic carbocycles. The molecule has 0 saturated carbocycles. The number of pyridine rings is 1. The molecular weight excluding hydrogens is 984 g/mol. The minimum absolute atomic E-state index is 0.109. The molecule has 3 saturated heterocycles. The Morgan fingerprint density at radius 3 is 2.04 bits per heavy atom. The van der Waals surface area contributed by atoms with Crippen LogP contribution in [0.25, 0.3) is 0 Å². The number of benzene rings is 5. The second-order valence-corrected chi connectivity index (χ2v) is 22.7. The summed E-state index contributed by atoms with van der Waals surface area (Å²) in [6, 6.07) is 44.1. The smallest absolute Gasteiger partial charge is 0.238 e. The molecule has 0 bridgehead atoms. The SMILES string of the molecule is CN(C)CCCN1c2ccccc2Sc2cccnc21.CN1CCN(C2=Nc3ccccc3Oc3ccc(Cl)cc32)CC1.NC(=O)C1(N2CCCCC2)CCN(CCCN2c3ccccc3CCc3ccccc32)CC1. The third kappa shape index (κ3) is 12.4. The van der Waals surface area contributed by atoms with E-state index in [1.807, 2.05) is 66.5 Å². The molecule has 3 fully saturated rings. The maximum atomic E-state index is 12.5. The van der Waals surface area contributed by atoms with Crippen molar-refractivity contribution in [1.82, 2.24) is 29.5 Å². The summed E-state index contributed by atoms with van der Waals surface area (Å²) in [5.74, 6) is 3.51. The lowest BCUT2D eigenvalue weighted by molar-refractivity contribution is -0.135. The minimum atomic E-state index is -0.417. The van der Waals surface area contributed by atoms with Crippen molar-refractivity contribution in [1.29, 1.82) is 0 Å². The van der Waals surface area contributed by atoms with Gasteiger partial charge in [-0.1, -0.05) is 90.4 Å². The third-order valence-corrected chi connectivity index (χ3v) is 17.2. The molecule has 2 N–H and O–H groups in total. The van der Waals surface area contributed by atoms with Crippen molar-refractivity contribution in [3.05, 3.63) is 155 Å². The van der Waals surface area contributed by atoms with Crippen molar-refractivity contribution in [2.75, 3.05) is 109 Å². The summed E-state index contributed by atoms with van der Waals surface area (Å²) in [4.78, 5) is 41.3. The molecule has 6 aromatic rings. The van der Waals surface area contributed by atoms with Crippen molar-refractivity contribution in [3.63, 3.8) is 0 Å². The molecule has 0 unspecified atom stereocenters. The molecule has 12 rings (SSSR count). The maximum absolute atomic E-state index is 12.5. The number of amidine groups is 1. The Morgan fingerprint density at radius 2 is 1.33 bits per heavy atom. The Hall–Kier alpha value is -5.93. The normalized spacial score (nSPS) is 18.0. The largest absolute Gasteiger partial charge is 0.454 e. The van der Waals surface area contributed by atoms with E-state index in [2.05, 4.69) is 139 Å². The summed E-state index contributed by atoms with van der Waals surface area (Å²) in [6.07, 6.45) is 11.7. The third-order valence-electron chi connectivity index (χ3n) is 15.9. The number of aryl methyl sites for hydroxylation is 2. The van der Waals surface area contributed by atoms with E-state index < -0.39 is 5.54 Å². The van der Waals surface area contributed by atoms with Gasteiger partial charge in [0.1, 0.15) is 28.6 Å². The Morgan fingerprint density at radius 1 is 0.684 bits per heavy atom. The van der Waals surface area contributed by atoms with Crippen LogP contribution in [0, 0.1) is 0 Å². The molecule has 12 nitrogen and oxygen atoms in total. The fourth-order valence-corrected chi connectivity index (χ4v) is 12.9. The van der Waals surface area contributed by atoms with E-state index in [0.717, 1.165) is 151 Å². The number of rotatable bonds is 10.